The molecule has 0 saturated carbocycles. The summed E-state index contributed by atoms with van der Waals surface area (Å²) in [5.41, 5.74) is 3.15. The van der Waals surface area contributed by atoms with Crippen molar-refractivity contribution in [2.45, 2.75) is 59.8 Å². The van der Waals surface area contributed by atoms with Crippen molar-refractivity contribution in [3.05, 3.63) is 59.0 Å². The fourth-order valence-corrected chi connectivity index (χ4v) is 3.56. The molecule has 0 aliphatic carbocycles. The Hall–Kier alpha value is -3.15. The number of aromatic carboxylic acids is 1. The lowest BCUT2D eigenvalue weighted by Gasteiger charge is -2.19. The van der Waals surface area contributed by atoms with Gasteiger partial charge in [-0.05, 0) is 61.1 Å². The van der Waals surface area contributed by atoms with Gasteiger partial charge >= 0.3 is 5.97 Å². The maximum Gasteiger partial charge on any atom is 0.335 e. The van der Waals surface area contributed by atoms with E-state index in [1.165, 1.54) is 17.7 Å². The van der Waals surface area contributed by atoms with E-state index in [0.717, 1.165) is 24.2 Å². The van der Waals surface area contributed by atoms with Crippen LogP contribution in [0.1, 0.15) is 73.8 Å². The number of carboxylic acids is 1. The van der Waals surface area contributed by atoms with Gasteiger partial charge in [0.2, 0.25) is 0 Å². The lowest BCUT2D eigenvalue weighted by atomic mass is 9.90. The number of fused-ring (bicyclic) bond motifs is 1. The zero-order valence-electron chi connectivity index (χ0n) is 19.4. The third-order valence-corrected chi connectivity index (χ3v) is 5.74. The molecule has 0 radical (unpaired) electrons. The van der Waals surface area contributed by atoms with E-state index in [1.54, 1.807) is 6.07 Å². The van der Waals surface area contributed by atoms with Gasteiger partial charge in [-0.25, -0.2) is 9.78 Å². The number of ketones is 1. The summed E-state index contributed by atoms with van der Waals surface area (Å²) >= 11 is 0. The number of carbonyl (C=O) groups excluding carboxylic acids is 1. The van der Waals surface area contributed by atoms with E-state index in [1.807, 2.05) is 33.8 Å². The van der Waals surface area contributed by atoms with Gasteiger partial charge in [0, 0.05) is 11.8 Å². The highest BCUT2D eigenvalue weighted by molar-refractivity contribution is 5.91. The number of hydrogen-bond donors (Lipinski definition) is 1. The molecule has 32 heavy (non-hydrogen) atoms. The Morgan fingerprint density at radius 1 is 1.16 bits per heavy atom. The number of rotatable bonds is 9. The molecule has 3 rings (SSSR count). The molecule has 0 aliphatic rings. The summed E-state index contributed by atoms with van der Waals surface area (Å²) in [6.45, 7) is 9.89. The number of carbonyl (C=O) groups is 2. The fourth-order valence-electron chi connectivity index (χ4n) is 3.56. The number of Topliss-reactive ketones (excluding diaryl/α,β-unsaturated/α-hetero) is 1. The van der Waals surface area contributed by atoms with Gasteiger partial charge in [0.25, 0.3) is 0 Å². The van der Waals surface area contributed by atoms with Crippen molar-refractivity contribution in [1.29, 1.82) is 0 Å². The Labute approximate surface area is 188 Å². The number of aryl methyl sites for hydroxylation is 2. The van der Waals surface area contributed by atoms with Gasteiger partial charge in [0.1, 0.15) is 17.9 Å². The first-order valence-corrected chi connectivity index (χ1v) is 11.0. The molecule has 3 aromatic rings. The zero-order valence-corrected chi connectivity index (χ0v) is 19.4. The molecule has 1 atom stereocenters. The lowest BCUT2D eigenvalue weighted by Crippen LogP contribution is -2.26. The molecule has 0 saturated heterocycles. The number of nitrogens with zero attached hydrogens (tertiary/aromatic N) is 1. The van der Waals surface area contributed by atoms with E-state index in [0.29, 0.717) is 29.3 Å². The predicted octanol–water partition coefficient (Wildman–Crippen LogP) is 5.95. The molecule has 0 spiro atoms. The summed E-state index contributed by atoms with van der Waals surface area (Å²) in [7, 11) is 0. The molecular weight excluding hydrogens is 406 g/mol. The van der Waals surface area contributed by atoms with Crippen molar-refractivity contribution in [1.82, 2.24) is 4.98 Å². The van der Waals surface area contributed by atoms with Crippen LogP contribution in [-0.2, 0) is 11.2 Å². The molecule has 1 aromatic heterocycles. The van der Waals surface area contributed by atoms with Gasteiger partial charge in [-0.3, -0.25) is 4.79 Å². The van der Waals surface area contributed by atoms with Gasteiger partial charge in [0.15, 0.2) is 17.3 Å². The maximum atomic E-state index is 12.1. The zero-order chi connectivity index (χ0) is 23.5. The molecule has 1 N–H and O–H groups in total. The van der Waals surface area contributed by atoms with Crippen molar-refractivity contribution >= 4 is 22.9 Å². The highest BCUT2D eigenvalue weighted by Crippen LogP contribution is 2.30. The first-order valence-electron chi connectivity index (χ1n) is 11.0. The van der Waals surface area contributed by atoms with E-state index in [4.69, 9.17) is 14.3 Å². The molecule has 0 aliphatic heterocycles. The fraction of sp³-hybridized carbons (Fsp3) is 0.423. The molecule has 0 fully saturated rings. The minimum absolute atomic E-state index is 0.0706. The standard InChI is InChI=1S/C26H31NO5/c1-6-17(9-12-24-27-20-10-7-19(25(29)30)14-22(20)32-24)18-8-11-21(16(2)13-18)31-15-23(28)26(3,4)5/h7-8,10-11,13-14,17H,6,9,12,15H2,1-5H3,(H,29,30). The minimum atomic E-state index is -0.985. The van der Waals surface area contributed by atoms with E-state index in [9.17, 15) is 9.59 Å². The molecule has 6 heteroatoms. The number of hydrogen-bond acceptors (Lipinski definition) is 5. The SMILES string of the molecule is CCC(CCc1nc2ccc(C(=O)O)cc2o1)c1ccc(OCC(=O)C(C)(C)C)c(C)c1. The van der Waals surface area contributed by atoms with Crippen molar-refractivity contribution in [2.75, 3.05) is 6.61 Å². The molecular formula is C26H31NO5. The third kappa shape index (κ3) is 5.55. The van der Waals surface area contributed by atoms with Crippen molar-refractivity contribution < 1.29 is 23.8 Å². The van der Waals surface area contributed by atoms with Gasteiger partial charge in [-0.15, -0.1) is 0 Å². The molecule has 2 aromatic carbocycles. The second-order valence-electron chi connectivity index (χ2n) is 9.23. The largest absolute Gasteiger partial charge is 0.486 e. The summed E-state index contributed by atoms with van der Waals surface area (Å²) in [6, 6.07) is 10.8. The van der Waals surface area contributed by atoms with Gasteiger partial charge < -0.3 is 14.3 Å². The molecule has 170 valence electrons. The normalized spacial score (nSPS) is 12.7. The predicted molar refractivity (Wildman–Crippen MR) is 123 cm³/mol. The van der Waals surface area contributed by atoms with E-state index in [2.05, 4.69) is 24.0 Å². The highest BCUT2D eigenvalue weighted by atomic mass is 16.5. The Morgan fingerprint density at radius 3 is 2.53 bits per heavy atom. The van der Waals surface area contributed by atoms with Crippen LogP contribution in [-0.4, -0.2) is 28.4 Å². The van der Waals surface area contributed by atoms with Crippen molar-refractivity contribution in [2.24, 2.45) is 5.41 Å². The molecule has 0 bridgehead atoms. The van der Waals surface area contributed by atoms with Crippen LogP contribution < -0.4 is 4.74 Å². The minimum Gasteiger partial charge on any atom is -0.486 e. The second-order valence-corrected chi connectivity index (χ2v) is 9.23. The number of aromatic nitrogens is 1. The van der Waals surface area contributed by atoms with Gasteiger partial charge in [-0.1, -0.05) is 39.8 Å². The Kier molecular flexibility index (Phi) is 7.02. The third-order valence-electron chi connectivity index (χ3n) is 5.74. The Morgan fingerprint density at radius 2 is 1.91 bits per heavy atom. The summed E-state index contributed by atoms with van der Waals surface area (Å²) in [5, 5.41) is 9.14. The van der Waals surface area contributed by atoms with Crippen LogP contribution in [0, 0.1) is 12.3 Å². The highest BCUT2D eigenvalue weighted by Gasteiger charge is 2.22. The molecule has 0 amide bonds. The summed E-state index contributed by atoms with van der Waals surface area (Å²) in [4.78, 5) is 27.8. The summed E-state index contributed by atoms with van der Waals surface area (Å²) < 4.78 is 11.6. The van der Waals surface area contributed by atoms with Crippen LogP contribution in [0.5, 0.6) is 5.75 Å². The van der Waals surface area contributed by atoms with Gasteiger partial charge in [-0.2, -0.15) is 0 Å². The summed E-state index contributed by atoms with van der Waals surface area (Å²) in [6.07, 6.45) is 2.48. The molecule has 6 nitrogen and oxygen atoms in total. The number of carboxylic acid groups (broad SMARTS) is 1. The maximum absolute atomic E-state index is 12.1. The lowest BCUT2D eigenvalue weighted by molar-refractivity contribution is -0.128. The smallest absolute Gasteiger partial charge is 0.335 e. The van der Waals surface area contributed by atoms with E-state index < -0.39 is 11.4 Å². The van der Waals surface area contributed by atoms with E-state index in [-0.39, 0.29) is 18.0 Å². The van der Waals surface area contributed by atoms with Crippen molar-refractivity contribution in [3.63, 3.8) is 0 Å². The van der Waals surface area contributed by atoms with Crippen LogP contribution >= 0.6 is 0 Å². The Bertz CT molecular complexity index is 1120. The van der Waals surface area contributed by atoms with Crippen LogP contribution in [0.3, 0.4) is 0 Å². The molecule has 1 heterocycles. The topological polar surface area (TPSA) is 89.6 Å². The quantitative estimate of drug-likeness (QED) is 0.444. The van der Waals surface area contributed by atoms with Gasteiger partial charge in [0.05, 0.1) is 5.56 Å². The second kappa shape index (κ2) is 9.55. The summed E-state index contributed by atoms with van der Waals surface area (Å²) in [5.74, 6) is 0.749. The number of benzene rings is 2. The average Bonchev–Trinajstić information content (AvgIpc) is 3.14. The van der Waals surface area contributed by atoms with Crippen LogP contribution in [0.2, 0.25) is 0 Å². The first-order chi connectivity index (χ1) is 15.1. The average molecular weight is 438 g/mol. The van der Waals surface area contributed by atoms with Crippen LogP contribution in [0.15, 0.2) is 40.8 Å². The van der Waals surface area contributed by atoms with Crippen LogP contribution in [0.25, 0.3) is 11.1 Å². The first kappa shape index (κ1) is 23.5. The number of oxazole rings is 1. The monoisotopic (exact) mass is 437 g/mol. The van der Waals surface area contributed by atoms with E-state index >= 15 is 0 Å². The Balaban J connectivity index is 1.66. The molecule has 1 unspecified atom stereocenters. The number of ether oxygens (including phenoxy) is 1. The van der Waals surface area contributed by atoms with Crippen molar-refractivity contribution in [3.8, 4) is 5.75 Å². The van der Waals surface area contributed by atoms with Crippen LogP contribution in [0.4, 0.5) is 0 Å².